The summed E-state index contributed by atoms with van der Waals surface area (Å²) >= 11 is 0. The van der Waals surface area contributed by atoms with Crippen LogP contribution in [0.2, 0.25) is 0 Å². The van der Waals surface area contributed by atoms with Crippen LogP contribution in [0.15, 0.2) is 18.2 Å². The van der Waals surface area contributed by atoms with Crippen LogP contribution in [-0.2, 0) is 20.8 Å². The molecule has 3 rings (SSSR count). The van der Waals surface area contributed by atoms with Gasteiger partial charge in [-0.1, -0.05) is 37.7 Å². The lowest BCUT2D eigenvalue weighted by Gasteiger charge is -2.27. The summed E-state index contributed by atoms with van der Waals surface area (Å²) in [6.45, 7) is 0. The molecule has 1 aromatic rings. The largest absolute Gasteiger partial charge is 0.295 e. The fourth-order valence-electron chi connectivity index (χ4n) is 4.04. The molecule has 0 saturated carbocycles. The van der Waals surface area contributed by atoms with Crippen molar-refractivity contribution in [2.75, 3.05) is 0 Å². The van der Waals surface area contributed by atoms with Crippen LogP contribution in [0, 0.1) is 11.8 Å². The van der Waals surface area contributed by atoms with Crippen molar-refractivity contribution in [1.82, 2.24) is 10.2 Å². The van der Waals surface area contributed by atoms with Gasteiger partial charge in [-0.15, -0.1) is 0 Å². The number of carbonyl (C=O) groups excluding carboxylic acids is 5. The minimum absolute atomic E-state index is 0.112. The SMILES string of the molecule is O=CC#CCCCCCCCCc1ccc2c(c1)C(=O)N(C1CCC(=O)NC1=O)C2=O. The van der Waals surface area contributed by atoms with E-state index in [1.807, 2.05) is 6.07 Å². The number of nitrogens with zero attached hydrogens (tertiary/aromatic N) is 1. The number of imide groups is 2. The molecule has 1 saturated heterocycles. The number of aryl methyl sites for hydroxylation is 1. The molecule has 7 nitrogen and oxygen atoms in total. The van der Waals surface area contributed by atoms with Crippen LogP contribution < -0.4 is 5.32 Å². The highest BCUT2D eigenvalue weighted by atomic mass is 16.2. The van der Waals surface area contributed by atoms with Gasteiger partial charge < -0.3 is 0 Å². The Balaban J connectivity index is 1.48. The molecule has 1 fully saturated rings. The molecule has 0 spiro atoms. The topological polar surface area (TPSA) is 101 Å². The Bertz CT molecular complexity index is 956. The van der Waals surface area contributed by atoms with E-state index in [9.17, 15) is 24.0 Å². The van der Waals surface area contributed by atoms with Crippen molar-refractivity contribution in [2.45, 2.75) is 70.3 Å². The van der Waals surface area contributed by atoms with Gasteiger partial charge in [0.2, 0.25) is 11.8 Å². The summed E-state index contributed by atoms with van der Waals surface area (Å²) in [5.74, 6) is 3.30. The van der Waals surface area contributed by atoms with E-state index < -0.39 is 23.8 Å². The summed E-state index contributed by atoms with van der Waals surface area (Å²) in [4.78, 5) is 60.1. The maximum Gasteiger partial charge on any atom is 0.262 e. The highest BCUT2D eigenvalue weighted by molar-refractivity contribution is 6.23. The van der Waals surface area contributed by atoms with Crippen molar-refractivity contribution in [3.05, 3.63) is 34.9 Å². The van der Waals surface area contributed by atoms with Crippen molar-refractivity contribution in [3.8, 4) is 11.8 Å². The van der Waals surface area contributed by atoms with Gasteiger partial charge in [0.1, 0.15) is 6.04 Å². The number of unbranched alkanes of at least 4 members (excludes halogenated alkanes) is 6. The summed E-state index contributed by atoms with van der Waals surface area (Å²) in [6, 6.07) is 4.35. The van der Waals surface area contributed by atoms with E-state index in [0.717, 1.165) is 61.8 Å². The monoisotopic (exact) mass is 422 g/mol. The molecule has 2 aliphatic heterocycles. The number of hydrogen-bond acceptors (Lipinski definition) is 5. The molecule has 1 atom stereocenters. The summed E-state index contributed by atoms with van der Waals surface area (Å²) in [7, 11) is 0. The summed E-state index contributed by atoms with van der Waals surface area (Å²) in [5, 5.41) is 2.20. The molecule has 7 heteroatoms. The molecule has 1 unspecified atom stereocenters. The van der Waals surface area contributed by atoms with Crippen LogP contribution in [-0.4, -0.2) is 40.9 Å². The Morgan fingerprint density at radius 2 is 1.68 bits per heavy atom. The van der Waals surface area contributed by atoms with Crippen LogP contribution in [0.5, 0.6) is 0 Å². The van der Waals surface area contributed by atoms with Crippen LogP contribution >= 0.6 is 0 Å². The van der Waals surface area contributed by atoms with Crippen molar-refractivity contribution in [3.63, 3.8) is 0 Å². The molecule has 4 amide bonds. The molecular weight excluding hydrogens is 396 g/mol. The first-order valence-electron chi connectivity index (χ1n) is 10.8. The van der Waals surface area contributed by atoms with Gasteiger partial charge >= 0.3 is 0 Å². The van der Waals surface area contributed by atoms with Gasteiger partial charge in [-0.25, -0.2) is 0 Å². The molecule has 2 aliphatic rings. The lowest BCUT2D eigenvalue weighted by Crippen LogP contribution is -2.54. The molecular formula is C24H26N2O5. The third-order valence-electron chi connectivity index (χ3n) is 5.68. The summed E-state index contributed by atoms with van der Waals surface area (Å²) in [5.41, 5.74) is 1.65. The minimum atomic E-state index is -0.932. The number of fused-ring (bicyclic) bond motifs is 1. The predicted molar refractivity (Wildman–Crippen MR) is 113 cm³/mol. The van der Waals surface area contributed by atoms with Crippen LogP contribution in [0.1, 0.15) is 84.1 Å². The van der Waals surface area contributed by atoms with E-state index in [2.05, 4.69) is 17.2 Å². The Kier molecular flexibility index (Phi) is 7.71. The van der Waals surface area contributed by atoms with Crippen LogP contribution in [0.3, 0.4) is 0 Å². The molecule has 1 aromatic carbocycles. The Hall–Kier alpha value is -3.27. The third-order valence-corrected chi connectivity index (χ3v) is 5.68. The molecule has 31 heavy (non-hydrogen) atoms. The van der Waals surface area contributed by atoms with E-state index in [1.54, 1.807) is 12.1 Å². The lowest BCUT2D eigenvalue weighted by atomic mass is 10.0. The Morgan fingerprint density at radius 3 is 2.42 bits per heavy atom. The molecule has 2 heterocycles. The fourth-order valence-corrected chi connectivity index (χ4v) is 4.04. The number of aldehydes is 1. The van der Waals surface area contributed by atoms with E-state index in [-0.39, 0.29) is 18.7 Å². The average Bonchev–Trinajstić information content (AvgIpc) is 2.99. The van der Waals surface area contributed by atoms with Crippen molar-refractivity contribution < 1.29 is 24.0 Å². The zero-order chi connectivity index (χ0) is 22.2. The third kappa shape index (κ3) is 5.46. The smallest absolute Gasteiger partial charge is 0.262 e. The van der Waals surface area contributed by atoms with E-state index in [1.165, 1.54) is 0 Å². The van der Waals surface area contributed by atoms with Gasteiger partial charge in [0, 0.05) is 12.8 Å². The second-order valence-electron chi connectivity index (χ2n) is 7.89. The van der Waals surface area contributed by atoms with Crippen LogP contribution in [0.25, 0.3) is 0 Å². The predicted octanol–water partition coefficient (Wildman–Crippen LogP) is 2.56. The molecule has 0 aliphatic carbocycles. The van der Waals surface area contributed by atoms with Gasteiger partial charge in [0.05, 0.1) is 11.1 Å². The molecule has 0 radical (unpaired) electrons. The molecule has 162 valence electrons. The number of nitrogens with one attached hydrogen (secondary N) is 1. The van der Waals surface area contributed by atoms with Crippen molar-refractivity contribution in [1.29, 1.82) is 0 Å². The minimum Gasteiger partial charge on any atom is -0.295 e. The normalized spacial score (nSPS) is 17.8. The quantitative estimate of drug-likeness (QED) is 0.285. The Labute approximate surface area is 181 Å². The molecule has 0 bridgehead atoms. The molecule has 0 aromatic heterocycles. The number of carbonyl (C=O) groups is 5. The first kappa shape index (κ1) is 22.4. The highest BCUT2D eigenvalue weighted by Crippen LogP contribution is 2.28. The van der Waals surface area contributed by atoms with Gasteiger partial charge in [0.15, 0.2) is 6.29 Å². The van der Waals surface area contributed by atoms with Gasteiger partial charge in [0.25, 0.3) is 11.8 Å². The average molecular weight is 422 g/mol. The standard InChI is InChI=1S/C24H26N2O5/c27-15-9-7-5-3-1-2-4-6-8-10-17-11-12-18-19(16-17)24(31)26(23(18)30)20-13-14-21(28)25-22(20)29/h11-12,15-16,20H,1-6,8,10,13-14H2,(H,25,28,29). The first-order valence-corrected chi connectivity index (χ1v) is 10.8. The number of hydrogen-bond donors (Lipinski definition) is 1. The fraction of sp³-hybridized carbons (Fsp3) is 0.458. The van der Waals surface area contributed by atoms with Crippen molar-refractivity contribution >= 4 is 29.9 Å². The number of rotatable bonds is 9. The van der Waals surface area contributed by atoms with E-state index in [0.29, 0.717) is 17.4 Å². The van der Waals surface area contributed by atoms with E-state index in [4.69, 9.17) is 0 Å². The van der Waals surface area contributed by atoms with Gasteiger partial charge in [-0.3, -0.25) is 34.2 Å². The number of amides is 4. The van der Waals surface area contributed by atoms with E-state index >= 15 is 0 Å². The summed E-state index contributed by atoms with van der Waals surface area (Å²) < 4.78 is 0. The first-order chi connectivity index (χ1) is 15.0. The summed E-state index contributed by atoms with van der Waals surface area (Å²) in [6.07, 6.45) is 8.88. The lowest BCUT2D eigenvalue weighted by molar-refractivity contribution is -0.136. The second-order valence-corrected chi connectivity index (χ2v) is 7.89. The zero-order valence-electron chi connectivity index (χ0n) is 17.4. The Morgan fingerprint density at radius 1 is 0.968 bits per heavy atom. The van der Waals surface area contributed by atoms with Gasteiger partial charge in [-0.2, -0.15) is 0 Å². The molecule has 1 N–H and O–H groups in total. The number of piperidine rings is 1. The second kappa shape index (κ2) is 10.7. The number of benzene rings is 1. The zero-order valence-corrected chi connectivity index (χ0v) is 17.4. The maximum atomic E-state index is 12.8. The van der Waals surface area contributed by atoms with Crippen molar-refractivity contribution in [2.24, 2.45) is 0 Å². The van der Waals surface area contributed by atoms with Crippen LogP contribution in [0.4, 0.5) is 0 Å². The van der Waals surface area contributed by atoms with Gasteiger partial charge in [-0.05, 0) is 49.3 Å². The maximum absolute atomic E-state index is 12.8. The highest BCUT2D eigenvalue weighted by Gasteiger charge is 2.44.